The Morgan fingerprint density at radius 2 is 2.24 bits per heavy atom. The molecule has 0 aromatic carbocycles. The van der Waals surface area contributed by atoms with Crippen molar-refractivity contribution in [1.29, 1.82) is 0 Å². The SMILES string of the molecule is O=C(CCn1cncn1)N[C@H](CCO)C(=O)O. The number of carbonyl (C=O) groups is 2. The molecule has 0 unspecified atom stereocenters. The fourth-order valence-electron chi connectivity index (χ4n) is 1.22. The molecular formula is C9H14N4O4. The highest BCUT2D eigenvalue weighted by atomic mass is 16.4. The first kappa shape index (κ1) is 13.1. The second-order valence-electron chi connectivity index (χ2n) is 3.38. The van der Waals surface area contributed by atoms with E-state index in [1.165, 1.54) is 17.3 Å². The zero-order valence-electron chi connectivity index (χ0n) is 9.11. The summed E-state index contributed by atoms with van der Waals surface area (Å²) in [5.41, 5.74) is 0. The number of nitrogens with zero attached hydrogens (tertiary/aromatic N) is 3. The van der Waals surface area contributed by atoms with Crippen molar-refractivity contribution in [1.82, 2.24) is 20.1 Å². The van der Waals surface area contributed by atoms with Crippen LogP contribution in [0.5, 0.6) is 0 Å². The van der Waals surface area contributed by atoms with E-state index in [1.54, 1.807) is 0 Å². The van der Waals surface area contributed by atoms with Crippen molar-refractivity contribution in [3.63, 3.8) is 0 Å². The summed E-state index contributed by atoms with van der Waals surface area (Å²) in [7, 11) is 0. The van der Waals surface area contributed by atoms with Crippen LogP contribution in [0, 0.1) is 0 Å². The van der Waals surface area contributed by atoms with Crippen LogP contribution in [0.2, 0.25) is 0 Å². The molecule has 8 nitrogen and oxygen atoms in total. The summed E-state index contributed by atoms with van der Waals surface area (Å²) in [6.07, 6.45) is 2.92. The zero-order valence-corrected chi connectivity index (χ0v) is 9.11. The van der Waals surface area contributed by atoms with Gasteiger partial charge in [-0.25, -0.2) is 9.78 Å². The summed E-state index contributed by atoms with van der Waals surface area (Å²) >= 11 is 0. The number of aromatic nitrogens is 3. The summed E-state index contributed by atoms with van der Waals surface area (Å²) in [6, 6.07) is -1.05. The fourth-order valence-corrected chi connectivity index (χ4v) is 1.22. The van der Waals surface area contributed by atoms with Crippen molar-refractivity contribution in [3.05, 3.63) is 12.7 Å². The van der Waals surface area contributed by atoms with Gasteiger partial charge in [-0.3, -0.25) is 9.48 Å². The number of amides is 1. The van der Waals surface area contributed by atoms with Crippen LogP contribution in [0.15, 0.2) is 12.7 Å². The van der Waals surface area contributed by atoms with Gasteiger partial charge in [-0.05, 0) is 0 Å². The predicted octanol–water partition coefficient (Wildman–Crippen LogP) is -1.38. The molecule has 0 fully saturated rings. The van der Waals surface area contributed by atoms with Crippen LogP contribution in [-0.4, -0.2) is 49.5 Å². The van der Waals surface area contributed by atoms with Crippen molar-refractivity contribution in [2.45, 2.75) is 25.4 Å². The molecule has 0 radical (unpaired) electrons. The Bertz CT molecular complexity index is 365. The summed E-state index contributed by atoms with van der Waals surface area (Å²) in [4.78, 5) is 25.8. The number of aliphatic carboxylic acids is 1. The van der Waals surface area contributed by atoms with Gasteiger partial charge in [0.15, 0.2) is 0 Å². The average Bonchev–Trinajstić information content (AvgIpc) is 2.78. The number of carboxylic acids is 1. The van der Waals surface area contributed by atoms with Crippen molar-refractivity contribution >= 4 is 11.9 Å². The summed E-state index contributed by atoms with van der Waals surface area (Å²) in [5.74, 6) is -1.56. The van der Waals surface area contributed by atoms with Crippen molar-refractivity contribution < 1.29 is 19.8 Å². The van der Waals surface area contributed by atoms with Crippen LogP contribution in [0.4, 0.5) is 0 Å². The van der Waals surface area contributed by atoms with Gasteiger partial charge in [0.25, 0.3) is 0 Å². The number of rotatable bonds is 7. The van der Waals surface area contributed by atoms with Gasteiger partial charge >= 0.3 is 5.97 Å². The molecule has 1 atom stereocenters. The van der Waals surface area contributed by atoms with Crippen molar-refractivity contribution in [2.24, 2.45) is 0 Å². The van der Waals surface area contributed by atoms with Crippen LogP contribution in [0.1, 0.15) is 12.8 Å². The molecule has 0 aliphatic rings. The minimum atomic E-state index is -1.16. The summed E-state index contributed by atoms with van der Waals surface area (Å²) in [6.45, 7) is 0.0393. The molecule has 3 N–H and O–H groups in total. The predicted molar refractivity (Wildman–Crippen MR) is 55.9 cm³/mol. The molecule has 1 aromatic heterocycles. The first-order valence-electron chi connectivity index (χ1n) is 5.09. The maximum absolute atomic E-state index is 11.4. The lowest BCUT2D eigenvalue weighted by atomic mass is 10.2. The largest absolute Gasteiger partial charge is 0.480 e. The van der Waals surface area contributed by atoms with Gasteiger partial charge in [0.05, 0.1) is 6.54 Å². The van der Waals surface area contributed by atoms with Gasteiger partial charge in [0, 0.05) is 19.4 Å². The minimum absolute atomic E-state index is 0.00953. The van der Waals surface area contributed by atoms with E-state index in [2.05, 4.69) is 15.4 Å². The number of hydrogen-bond acceptors (Lipinski definition) is 5. The van der Waals surface area contributed by atoms with Gasteiger partial charge in [0.2, 0.25) is 5.91 Å². The highest BCUT2D eigenvalue weighted by Gasteiger charge is 2.18. The van der Waals surface area contributed by atoms with Crippen molar-refractivity contribution in [3.8, 4) is 0 Å². The van der Waals surface area contributed by atoms with E-state index in [1.807, 2.05) is 0 Å². The third-order valence-corrected chi connectivity index (χ3v) is 2.09. The lowest BCUT2D eigenvalue weighted by Gasteiger charge is -2.12. The number of aliphatic hydroxyl groups excluding tert-OH is 1. The third-order valence-electron chi connectivity index (χ3n) is 2.09. The summed E-state index contributed by atoms with van der Waals surface area (Å²) in [5, 5.41) is 23.5. The molecule has 1 aromatic rings. The molecule has 0 saturated heterocycles. The Hall–Kier alpha value is -1.96. The standard InChI is InChI=1S/C9H14N4O4/c14-4-2-7(9(16)17)12-8(15)1-3-13-6-10-5-11-13/h5-7,14H,1-4H2,(H,12,15)(H,16,17)/t7-/m1/s1. The maximum atomic E-state index is 11.4. The Kier molecular flexibility index (Phi) is 5.08. The molecule has 0 aliphatic heterocycles. The average molecular weight is 242 g/mol. The minimum Gasteiger partial charge on any atom is -0.480 e. The number of aryl methyl sites for hydroxylation is 1. The topological polar surface area (TPSA) is 117 Å². The van der Waals surface area contributed by atoms with Crippen LogP contribution in [0.3, 0.4) is 0 Å². The Labute approximate surface area is 97.3 Å². The Morgan fingerprint density at radius 3 is 2.76 bits per heavy atom. The maximum Gasteiger partial charge on any atom is 0.326 e. The quantitative estimate of drug-likeness (QED) is 0.542. The zero-order chi connectivity index (χ0) is 12.7. The highest BCUT2D eigenvalue weighted by Crippen LogP contribution is 1.94. The smallest absolute Gasteiger partial charge is 0.326 e. The van der Waals surface area contributed by atoms with Gasteiger partial charge in [0.1, 0.15) is 18.7 Å². The lowest BCUT2D eigenvalue weighted by Crippen LogP contribution is -2.41. The Morgan fingerprint density at radius 1 is 1.47 bits per heavy atom. The van der Waals surface area contributed by atoms with E-state index in [0.29, 0.717) is 6.54 Å². The van der Waals surface area contributed by atoms with Gasteiger partial charge in [-0.2, -0.15) is 5.10 Å². The van der Waals surface area contributed by atoms with Crippen LogP contribution < -0.4 is 5.32 Å². The molecule has 0 aliphatic carbocycles. The molecule has 94 valence electrons. The number of nitrogens with one attached hydrogen (secondary N) is 1. The van der Waals surface area contributed by atoms with E-state index in [9.17, 15) is 9.59 Å². The van der Waals surface area contributed by atoms with E-state index in [4.69, 9.17) is 10.2 Å². The van der Waals surface area contributed by atoms with Crippen molar-refractivity contribution in [2.75, 3.05) is 6.61 Å². The normalized spacial score (nSPS) is 12.1. The monoisotopic (exact) mass is 242 g/mol. The van der Waals surface area contributed by atoms with Gasteiger partial charge < -0.3 is 15.5 Å². The van der Waals surface area contributed by atoms with E-state index in [0.717, 1.165) is 0 Å². The molecular weight excluding hydrogens is 228 g/mol. The number of hydrogen-bond donors (Lipinski definition) is 3. The van der Waals surface area contributed by atoms with Crippen LogP contribution in [-0.2, 0) is 16.1 Å². The molecule has 0 saturated carbocycles. The van der Waals surface area contributed by atoms with Gasteiger partial charge in [-0.15, -0.1) is 0 Å². The fraction of sp³-hybridized carbons (Fsp3) is 0.556. The van der Waals surface area contributed by atoms with E-state index in [-0.39, 0.29) is 19.4 Å². The molecule has 8 heteroatoms. The Balaban J connectivity index is 2.34. The number of carboxylic acid groups (broad SMARTS) is 1. The molecule has 1 rings (SSSR count). The second kappa shape index (κ2) is 6.59. The first-order valence-corrected chi connectivity index (χ1v) is 5.09. The number of aliphatic hydroxyl groups is 1. The molecule has 1 amide bonds. The highest BCUT2D eigenvalue weighted by molar-refractivity contribution is 5.83. The summed E-state index contributed by atoms with van der Waals surface area (Å²) < 4.78 is 1.47. The van der Waals surface area contributed by atoms with Crippen LogP contribution >= 0.6 is 0 Å². The molecule has 0 spiro atoms. The van der Waals surface area contributed by atoms with Gasteiger partial charge in [-0.1, -0.05) is 0 Å². The van der Waals surface area contributed by atoms with E-state index < -0.39 is 17.9 Å². The molecule has 17 heavy (non-hydrogen) atoms. The second-order valence-corrected chi connectivity index (χ2v) is 3.38. The molecule has 1 heterocycles. The molecule has 0 bridgehead atoms. The van der Waals surface area contributed by atoms with E-state index >= 15 is 0 Å². The number of carbonyl (C=O) groups excluding carboxylic acids is 1. The lowest BCUT2D eigenvalue weighted by molar-refractivity contribution is -0.142. The third kappa shape index (κ3) is 4.60. The van der Waals surface area contributed by atoms with Crippen LogP contribution in [0.25, 0.3) is 0 Å². The first-order chi connectivity index (χ1) is 8.13.